The third-order valence-corrected chi connectivity index (χ3v) is 2.12. The average molecular weight is 264 g/mol. The van der Waals surface area contributed by atoms with Gasteiger partial charge in [-0.05, 0) is 0 Å². The molecule has 9 heteroatoms. The third-order valence-electron chi connectivity index (χ3n) is 2.12. The Bertz CT molecular complexity index is 570. The van der Waals surface area contributed by atoms with Crippen LogP contribution in [0.25, 0.3) is 11.5 Å². The van der Waals surface area contributed by atoms with Gasteiger partial charge in [-0.15, -0.1) is 0 Å². The molecule has 0 bridgehead atoms. The molecule has 100 valence electrons. The standard InChI is InChI=1S/C10H12N6O3/c1-18-8-2-6(13-5-14-8)10-15-9(19-16-10)4-12-3-7(11)17/h2,5,12H,3-4H2,1H3,(H2,11,17). The minimum Gasteiger partial charge on any atom is -0.481 e. The van der Waals surface area contributed by atoms with E-state index in [-0.39, 0.29) is 13.1 Å². The fraction of sp³-hybridized carbons (Fsp3) is 0.300. The van der Waals surface area contributed by atoms with Crippen LogP contribution in [0.3, 0.4) is 0 Å². The molecule has 0 aliphatic heterocycles. The lowest BCUT2D eigenvalue weighted by Crippen LogP contribution is -2.28. The number of amides is 1. The minimum atomic E-state index is -0.458. The summed E-state index contributed by atoms with van der Waals surface area (Å²) in [6.45, 7) is 0.289. The summed E-state index contributed by atoms with van der Waals surface area (Å²) in [4.78, 5) is 22.5. The molecule has 0 saturated carbocycles. The van der Waals surface area contributed by atoms with Crippen LogP contribution in [-0.4, -0.2) is 39.7 Å². The fourth-order valence-electron chi connectivity index (χ4n) is 1.30. The number of methoxy groups -OCH3 is 1. The first-order valence-electron chi connectivity index (χ1n) is 5.37. The fourth-order valence-corrected chi connectivity index (χ4v) is 1.30. The van der Waals surface area contributed by atoms with Crippen LogP contribution >= 0.6 is 0 Å². The maximum atomic E-state index is 10.5. The summed E-state index contributed by atoms with van der Waals surface area (Å²) in [5.74, 6) is 0.592. The quantitative estimate of drug-likeness (QED) is 0.687. The zero-order valence-corrected chi connectivity index (χ0v) is 10.2. The molecule has 9 nitrogen and oxygen atoms in total. The normalized spacial score (nSPS) is 10.4. The van der Waals surface area contributed by atoms with Gasteiger partial charge in [0.15, 0.2) is 0 Å². The van der Waals surface area contributed by atoms with Crippen LogP contribution in [0.5, 0.6) is 5.88 Å². The van der Waals surface area contributed by atoms with Crippen LogP contribution in [0, 0.1) is 0 Å². The van der Waals surface area contributed by atoms with Gasteiger partial charge in [-0.2, -0.15) is 4.98 Å². The van der Waals surface area contributed by atoms with E-state index in [0.29, 0.717) is 23.3 Å². The highest BCUT2D eigenvalue weighted by Gasteiger charge is 2.11. The van der Waals surface area contributed by atoms with Crippen molar-refractivity contribution >= 4 is 5.91 Å². The van der Waals surface area contributed by atoms with Crippen LogP contribution in [0.1, 0.15) is 5.89 Å². The summed E-state index contributed by atoms with van der Waals surface area (Å²) < 4.78 is 9.97. The molecule has 2 rings (SSSR count). The van der Waals surface area contributed by atoms with Gasteiger partial charge in [0.1, 0.15) is 12.0 Å². The molecule has 3 N–H and O–H groups in total. The van der Waals surface area contributed by atoms with Crippen molar-refractivity contribution in [2.24, 2.45) is 5.73 Å². The van der Waals surface area contributed by atoms with Crippen molar-refractivity contribution in [3.8, 4) is 17.4 Å². The summed E-state index contributed by atoms with van der Waals surface area (Å²) in [6, 6.07) is 1.59. The largest absolute Gasteiger partial charge is 0.481 e. The number of carbonyl (C=O) groups excluding carboxylic acids is 1. The molecule has 0 radical (unpaired) electrons. The number of hydrogen-bond donors (Lipinski definition) is 2. The van der Waals surface area contributed by atoms with Gasteiger partial charge in [0, 0.05) is 6.07 Å². The predicted octanol–water partition coefficient (Wildman–Crippen LogP) is -0.890. The number of nitrogens with one attached hydrogen (secondary N) is 1. The molecule has 0 aliphatic carbocycles. The highest BCUT2D eigenvalue weighted by atomic mass is 16.5. The van der Waals surface area contributed by atoms with E-state index in [1.807, 2.05) is 0 Å². The number of rotatable bonds is 6. The molecule has 0 aromatic carbocycles. The second-order valence-electron chi connectivity index (χ2n) is 3.53. The Balaban J connectivity index is 2.05. The van der Waals surface area contributed by atoms with Gasteiger partial charge in [0.05, 0.1) is 20.2 Å². The smallest absolute Gasteiger partial charge is 0.240 e. The van der Waals surface area contributed by atoms with E-state index in [1.54, 1.807) is 6.07 Å². The predicted molar refractivity (Wildman–Crippen MR) is 62.8 cm³/mol. The van der Waals surface area contributed by atoms with Gasteiger partial charge in [-0.1, -0.05) is 5.16 Å². The maximum absolute atomic E-state index is 10.5. The van der Waals surface area contributed by atoms with Crippen LogP contribution in [0.4, 0.5) is 0 Å². The topological polar surface area (TPSA) is 129 Å². The van der Waals surface area contributed by atoms with Crippen molar-refractivity contribution in [2.45, 2.75) is 6.54 Å². The van der Waals surface area contributed by atoms with Gasteiger partial charge in [0.2, 0.25) is 23.5 Å². The van der Waals surface area contributed by atoms with Crippen molar-refractivity contribution < 1.29 is 14.1 Å². The first-order chi connectivity index (χ1) is 9.19. The number of carbonyl (C=O) groups is 1. The maximum Gasteiger partial charge on any atom is 0.240 e. The number of nitrogens with zero attached hydrogens (tertiary/aromatic N) is 4. The molecule has 0 unspecified atom stereocenters. The summed E-state index contributed by atoms with van der Waals surface area (Å²) in [7, 11) is 1.50. The van der Waals surface area contributed by atoms with Crippen molar-refractivity contribution in [3.05, 3.63) is 18.3 Å². The lowest BCUT2D eigenvalue weighted by Gasteiger charge is -1.98. The number of nitrogens with two attached hydrogens (primary N) is 1. The first kappa shape index (κ1) is 12.9. The second kappa shape index (κ2) is 5.87. The molecule has 2 aromatic rings. The van der Waals surface area contributed by atoms with E-state index in [2.05, 4.69) is 25.4 Å². The van der Waals surface area contributed by atoms with Gasteiger partial charge in [0.25, 0.3) is 0 Å². The minimum absolute atomic E-state index is 0.0407. The summed E-state index contributed by atoms with van der Waals surface area (Å²) in [5, 5.41) is 6.53. The molecule has 2 aromatic heterocycles. The molecule has 19 heavy (non-hydrogen) atoms. The highest BCUT2D eigenvalue weighted by Crippen LogP contribution is 2.16. The van der Waals surface area contributed by atoms with E-state index in [9.17, 15) is 4.79 Å². The van der Waals surface area contributed by atoms with E-state index in [4.69, 9.17) is 15.0 Å². The molecule has 0 saturated heterocycles. The van der Waals surface area contributed by atoms with Gasteiger partial charge >= 0.3 is 0 Å². The highest BCUT2D eigenvalue weighted by molar-refractivity contribution is 5.75. The Labute approximate surface area is 108 Å². The lowest BCUT2D eigenvalue weighted by atomic mass is 10.4. The molecular weight excluding hydrogens is 252 g/mol. The van der Waals surface area contributed by atoms with Crippen molar-refractivity contribution in [1.29, 1.82) is 0 Å². The molecule has 0 spiro atoms. The van der Waals surface area contributed by atoms with Gasteiger partial charge in [-0.3, -0.25) is 10.1 Å². The number of hydrogen-bond acceptors (Lipinski definition) is 8. The Hall–Kier alpha value is -2.55. The average Bonchev–Trinajstić information content (AvgIpc) is 2.87. The SMILES string of the molecule is COc1cc(-c2noc(CNCC(N)=O)n2)ncn1. The van der Waals surface area contributed by atoms with Crippen LogP contribution in [0.15, 0.2) is 16.9 Å². The van der Waals surface area contributed by atoms with E-state index in [0.717, 1.165) is 0 Å². The van der Waals surface area contributed by atoms with E-state index < -0.39 is 5.91 Å². The molecule has 0 fully saturated rings. The molecular formula is C10H12N6O3. The Kier molecular flexibility index (Phi) is 3.98. The zero-order valence-electron chi connectivity index (χ0n) is 10.2. The summed E-state index contributed by atoms with van der Waals surface area (Å²) in [5.41, 5.74) is 5.47. The first-order valence-corrected chi connectivity index (χ1v) is 5.37. The third kappa shape index (κ3) is 3.45. The molecule has 0 atom stereocenters. The summed E-state index contributed by atoms with van der Waals surface area (Å²) in [6.07, 6.45) is 1.34. The van der Waals surface area contributed by atoms with Crippen LogP contribution < -0.4 is 15.8 Å². The van der Waals surface area contributed by atoms with Crippen molar-refractivity contribution in [3.63, 3.8) is 0 Å². The molecule has 2 heterocycles. The number of primary amides is 1. The monoisotopic (exact) mass is 264 g/mol. The van der Waals surface area contributed by atoms with E-state index in [1.165, 1.54) is 13.4 Å². The van der Waals surface area contributed by atoms with Crippen LogP contribution in [-0.2, 0) is 11.3 Å². The summed E-state index contributed by atoms with van der Waals surface area (Å²) >= 11 is 0. The van der Waals surface area contributed by atoms with Crippen molar-refractivity contribution in [1.82, 2.24) is 25.4 Å². The van der Waals surface area contributed by atoms with E-state index >= 15 is 0 Å². The molecule has 0 aliphatic rings. The van der Waals surface area contributed by atoms with Crippen molar-refractivity contribution in [2.75, 3.05) is 13.7 Å². The zero-order chi connectivity index (χ0) is 13.7. The number of ether oxygens (including phenoxy) is 1. The number of aromatic nitrogens is 4. The van der Waals surface area contributed by atoms with Gasteiger partial charge in [-0.25, -0.2) is 9.97 Å². The lowest BCUT2D eigenvalue weighted by molar-refractivity contribution is -0.117. The second-order valence-corrected chi connectivity index (χ2v) is 3.53. The molecule has 1 amide bonds. The van der Waals surface area contributed by atoms with Gasteiger partial charge < -0.3 is 15.0 Å². The Morgan fingerprint density at radius 1 is 1.53 bits per heavy atom. The Morgan fingerprint density at radius 3 is 3.11 bits per heavy atom. The Morgan fingerprint density at radius 2 is 2.37 bits per heavy atom. The van der Waals surface area contributed by atoms with Crippen LogP contribution in [0.2, 0.25) is 0 Å².